The molecule has 162 valence electrons. The Labute approximate surface area is 167 Å². The number of carboxylic acids is 1. The molecule has 2 rings (SSSR count). The van der Waals surface area contributed by atoms with Gasteiger partial charge in [-0.05, 0) is 24.3 Å². The number of halogens is 6. The van der Waals surface area contributed by atoms with Crippen LogP contribution in [0.25, 0.3) is 0 Å². The summed E-state index contributed by atoms with van der Waals surface area (Å²) in [6.07, 6.45) is -15.3. The van der Waals surface area contributed by atoms with E-state index < -0.39 is 57.6 Å². The zero-order valence-corrected chi connectivity index (χ0v) is 15.4. The molecule has 12 heteroatoms. The zero-order valence-electron chi connectivity index (χ0n) is 14.6. The highest BCUT2D eigenvalue weighted by Gasteiger charge is 2.74. The highest BCUT2D eigenvalue weighted by molar-refractivity contribution is 7.85. The number of hydrogen-bond acceptors (Lipinski definition) is 5. The molecule has 0 heterocycles. The van der Waals surface area contributed by atoms with Crippen molar-refractivity contribution in [1.29, 1.82) is 0 Å². The number of ether oxygens (including phenoxy) is 1. The van der Waals surface area contributed by atoms with Crippen molar-refractivity contribution in [1.82, 2.24) is 0 Å². The highest BCUT2D eigenvalue weighted by atomic mass is 32.2. The molecule has 0 N–H and O–H groups in total. The van der Waals surface area contributed by atoms with E-state index in [1.807, 2.05) is 0 Å². The number of rotatable bonds is 6. The number of carbonyl (C=O) groups excluding carboxylic acids is 2. The van der Waals surface area contributed by atoms with Gasteiger partial charge in [0.15, 0.2) is 0 Å². The molecular formula is C18H11F6O5S-. The summed E-state index contributed by atoms with van der Waals surface area (Å²) in [5, 5.41) is 10.6. The standard InChI is InChI=1S/C18H12F6O5S/c19-17(20,21)16(10-14(25)26,18(22,23)24)29-15(27)12-8-4-5-9-13(12)30(28)11-6-2-1-3-7-11/h1-9H,10H2,(H,25,26)/p-1. The first kappa shape index (κ1) is 23.4. The molecule has 0 aliphatic heterocycles. The first-order valence-electron chi connectivity index (χ1n) is 7.92. The van der Waals surface area contributed by atoms with Gasteiger partial charge in [-0.15, -0.1) is 0 Å². The predicted octanol–water partition coefficient (Wildman–Crippen LogP) is 3.01. The molecule has 0 amide bonds. The van der Waals surface area contributed by atoms with Crippen molar-refractivity contribution < 1.29 is 50.0 Å². The molecule has 5 nitrogen and oxygen atoms in total. The molecule has 0 radical (unpaired) electrons. The molecule has 0 fully saturated rings. The number of aliphatic carboxylic acids is 1. The van der Waals surface area contributed by atoms with Gasteiger partial charge >= 0.3 is 23.9 Å². The van der Waals surface area contributed by atoms with Crippen LogP contribution in [0.5, 0.6) is 0 Å². The Morgan fingerprint density at radius 3 is 1.87 bits per heavy atom. The van der Waals surface area contributed by atoms with Gasteiger partial charge in [-0.2, -0.15) is 26.3 Å². The van der Waals surface area contributed by atoms with Crippen molar-refractivity contribution >= 4 is 22.7 Å². The number of carbonyl (C=O) groups is 2. The van der Waals surface area contributed by atoms with E-state index in [1.54, 1.807) is 6.07 Å². The highest BCUT2D eigenvalue weighted by Crippen LogP contribution is 2.48. The monoisotopic (exact) mass is 453 g/mol. The lowest BCUT2D eigenvalue weighted by Crippen LogP contribution is -2.61. The molecule has 30 heavy (non-hydrogen) atoms. The van der Waals surface area contributed by atoms with Crippen LogP contribution >= 0.6 is 0 Å². The lowest BCUT2D eigenvalue weighted by molar-refractivity contribution is -0.377. The largest absolute Gasteiger partial charge is 0.550 e. The lowest BCUT2D eigenvalue weighted by atomic mass is 9.97. The van der Waals surface area contributed by atoms with Gasteiger partial charge in [0.2, 0.25) is 0 Å². The molecule has 0 bridgehead atoms. The van der Waals surface area contributed by atoms with Gasteiger partial charge in [-0.25, -0.2) is 9.00 Å². The van der Waals surface area contributed by atoms with E-state index in [9.17, 15) is 45.2 Å². The van der Waals surface area contributed by atoms with Gasteiger partial charge in [0.1, 0.15) is 0 Å². The molecule has 1 unspecified atom stereocenters. The number of carboxylic acid groups (broad SMARTS) is 1. The topological polar surface area (TPSA) is 83.5 Å². The van der Waals surface area contributed by atoms with Crippen LogP contribution in [-0.2, 0) is 20.3 Å². The van der Waals surface area contributed by atoms with Crippen molar-refractivity contribution in [2.24, 2.45) is 0 Å². The molecule has 0 saturated carbocycles. The Balaban J connectivity index is 2.54. The fraction of sp³-hybridized carbons (Fsp3) is 0.222. The van der Waals surface area contributed by atoms with Crippen LogP contribution in [0.15, 0.2) is 64.4 Å². The second-order valence-electron chi connectivity index (χ2n) is 5.84. The minimum atomic E-state index is -6.32. The van der Waals surface area contributed by atoms with Crippen molar-refractivity contribution in [3.8, 4) is 0 Å². The lowest BCUT2D eigenvalue weighted by Gasteiger charge is -2.36. The summed E-state index contributed by atoms with van der Waals surface area (Å²) in [4.78, 5) is 22.7. The molecule has 1 atom stereocenters. The van der Waals surface area contributed by atoms with E-state index in [0.29, 0.717) is 0 Å². The van der Waals surface area contributed by atoms with E-state index >= 15 is 0 Å². The summed E-state index contributed by atoms with van der Waals surface area (Å²) in [5.74, 6) is -4.88. The summed E-state index contributed by atoms with van der Waals surface area (Å²) in [7, 11) is -2.15. The Morgan fingerprint density at radius 2 is 1.37 bits per heavy atom. The second-order valence-corrected chi connectivity index (χ2v) is 7.29. The number of alkyl halides is 6. The summed E-state index contributed by atoms with van der Waals surface area (Å²) in [5.41, 5.74) is -6.20. The van der Waals surface area contributed by atoms with Gasteiger partial charge in [0.25, 0.3) is 0 Å². The molecule has 0 aliphatic rings. The summed E-state index contributed by atoms with van der Waals surface area (Å²) < 4.78 is 96.1. The molecule has 2 aromatic carbocycles. The normalized spacial score (nSPS) is 13.5. The maximum Gasteiger partial charge on any atom is 0.437 e. The Bertz CT molecular complexity index is 942. The van der Waals surface area contributed by atoms with E-state index in [2.05, 4.69) is 4.74 Å². The Kier molecular flexibility index (Phi) is 6.60. The summed E-state index contributed by atoms with van der Waals surface area (Å²) in [6, 6.07) is 11.5. The predicted molar refractivity (Wildman–Crippen MR) is 87.4 cm³/mol. The molecule has 0 spiro atoms. The minimum Gasteiger partial charge on any atom is -0.550 e. The van der Waals surface area contributed by atoms with Gasteiger partial charge in [0, 0.05) is 17.3 Å². The van der Waals surface area contributed by atoms with Crippen LogP contribution in [0.1, 0.15) is 16.8 Å². The van der Waals surface area contributed by atoms with E-state index in [1.165, 1.54) is 30.3 Å². The Morgan fingerprint density at radius 1 is 0.867 bits per heavy atom. The van der Waals surface area contributed by atoms with Gasteiger partial charge in [0.05, 0.1) is 21.3 Å². The molecule has 2 aromatic rings. The zero-order chi connectivity index (χ0) is 22.7. The van der Waals surface area contributed by atoms with Crippen molar-refractivity contribution in [2.45, 2.75) is 34.2 Å². The van der Waals surface area contributed by atoms with E-state index in [0.717, 1.165) is 18.2 Å². The first-order valence-corrected chi connectivity index (χ1v) is 9.07. The van der Waals surface area contributed by atoms with Gasteiger partial charge in [-0.3, -0.25) is 0 Å². The average Bonchev–Trinajstić information content (AvgIpc) is 2.65. The molecule has 0 aromatic heterocycles. The molecule has 0 aliphatic carbocycles. The van der Waals surface area contributed by atoms with Crippen LogP contribution in [0, 0.1) is 0 Å². The molecule has 0 saturated heterocycles. The fourth-order valence-electron chi connectivity index (χ4n) is 2.40. The molecular weight excluding hydrogens is 442 g/mol. The SMILES string of the molecule is O=C([O-])CC(OC(=O)c1ccccc1S(=O)c1ccccc1)(C(F)(F)F)C(F)(F)F. The third-order valence-corrected chi connectivity index (χ3v) is 5.30. The van der Waals surface area contributed by atoms with Crippen LogP contribution in [0.2, 0.25) is 0 Å². The number of benzene rings is 2. The van der Waals surface area contributed by atoms with E-state index in [4.69, 9.17) is 0 Å². The third-order valence-electron chi connectivity index (χ3n) is 3.84. The van der Waals surface area contributed by atoms with Gasteiger partial charge < -0.3 is 14.6 Å². The van der Waals surface area contributed by atoms with Crippen molar-refractivity contribution in [2.75, 3.05) is 0 Å². The van der Waals surface area contributed by atoms with Gasteiger partial charge in [-0.1, -0.05) is 30.3 Å². The second kappa shape index (κ2) is 8.46. The van der Waals surface area contributed by atoms with Crippen LogP contribution in [0.4, 0.5) is 26.3 Å². The third kappa shape index (κ3) is 4.64. The maximum atomic E-state index is 13.3. The smallest absolute Gasteiger partial charge is 0.437 e. The number of esters is 1. The first-order chi connectivity index (χ1) is 13.8. The van der Waals surface area contributed by atoms with Crippen LogP contribution in [0.3, 0.4) is 0 Å². The van der Waals surface area contributed by atoms with Crippen molar-refractivity contribution in [3.63, 3.8) is 0 Å². The number of hydrogen-bond donors (Lipinski definition) is 0. The van der Waals surface area contributed by atoms with Crippen molar-refractivity contribution in [3.05, 3.63) is 60.2 Å². The minimum absolute atomic E-state index is 0.116. The maximum absolute atomic E-state index is 13.3. The average molecular weight is 453 g/mol. The Hall–Kier alpha value is -2.89. The van der Waals surface area contributed by atoms with E-state index in [-0.39, 0.29) is 4.90 Å². The quantitative estimate of drug-likeness (QED) is 0.496. The van der Waals surface area contributed by atoms with Crippen LogP contribution in [-0.4, -0.2) is 34.1 Å². The summed E-state index contributed by atoms with van der Waals surface area (Å²) in [6.45, 7) is 0. The van der Waals surface area contributed by atoms with Crippen LogP contribution < -0.4 is 5.11 Å². The summed E-state index contributed by atoms with van der Waals surface area (Å²) >= 11 is 0. The fourth-order valence-corrected chi connectivity index (χ4v) is 3.61.